The Balaban J connectivity index is 2.97. The second kappa shape index (κ2) is 14.5. The second-order valence-electron chi connectivity index (χ2n) is 4.83. The van der Waals surface area contributed by atoms with Crippen LogP contribution in [0.4, 0.5) is 0 Å². The molecule has 0 unspecified atom stereocenters. The number of esters is 1. The van der Waals surface area contributed by atoms with Crippen molar-refractivity contribution in [1.29, 1.82) is 0 Å². The third-order valence-electron chi connectivity index (χ3n) is 3.10. The molecule has 0 saturated carbocycles. The Bertz CT molecular complexity index is 181. The van der Waals surface area contributed by atoms with Gasteiger partial charge in [-0.2, -0.15) is 0 Å². The maximum Gasteiger partial charge on any atom is 0.305 e. The minimum Gasteiger partial charge on any atom is -0.466 e. The van der Waals surface area contributed by atoms with Gasteiger partial charge in [0.2, 0.25) is 0 Å². The molecule has 0 aliphatic rings. The summed E-state index contributed by atoms with van der Waals surface area (Å²) in [7, 11) is 0. The van der Waals surface area contributed by atoms with Crippen LogP contribution in [-0.4, -0.2) is 24.3 Å². The molecule has 0 heterocycles. The van der Waals surface area contributed by atoms with Crippen LogP contribution in [0.2, 0.25) is 0 Å². The van der Waals surface area contributed by atoms with Gasteiger partial charge in [-0.3, -0.25) is 4.79 Å². The third-order valence-corrected chi connectivity index (χ3v) is 3.10. The van der Waals surface area contributed by atoms with E-state index in [-0.39, 0.29) is 5.97 Å². The van der Waals surface area contributed by atoms with Gasteiger partial charge in [0, 0.05) is 13.0 Å². The molecule has 0 aromatic heterocycles. The van der Waals surface area contributed by atoms with Crippen molar-refractivity contribution in [2.24, 2.45) is 0 Å². The summed E-state index contributed by atoms with van der Waals surface area (Å²) in [5.41, 5.74) is 0. The lowest BCUT2D eigenvalue weighted by Crippen LogP contribution is -2.03. The summed E-state index contributed by atoms with van der Waals surface area (Å²) in [4.78, 5) is 10.9. The minimum atomic E-state index is -0.0853. The van der Waals surface area contributed by atoms with Crippen molar-refractivity contribution < 1.29 is 14.6 Å². The number of ether oxygens (including phenoxy) is 1. The first kappa shape index (κ1) is 17.4. The van der Waals surface area contributed by atoms with Crippen LogP contribution in [-0.2, 0) is 9.53 Å². The number of aliphatic hydroxyl groups is 1. The monoisotopic (exact) mass is 258 g/mol. The van der Waals surface area contributed by atoms with E-state index in [0.29, 0.717) is 19.6 Å². The largest absolute Gasteiger partial charge is 0.466 e. The molecular formula is C15H30O3. The van der Waals surface area contributed by atoms with E-state index < -0.39 is 0 Å². The van der Waals surface area contributed by atoms with Crippen LogP contribution in [0.1, 0.15) is 77.6 Å². The number of hydrogen-bond donors (Lipinski definition) is 1. The molecule has 108 valence electrons. The Hall–Kier alpha value is -0.570. The summed E-state index contributed by atoms with van der Waals surface area (Å²) in [5, 5.41) is 8.63. The highest BCUT2D eigenvalue weighted by molar-refractivity contribution is 5.68. The van der Waals surface area contributed by atoms with Gasteiger partial charge in [0.15, 0.2) is 0 Å². The quantitative estimate of drug-likeness (QED) is 0.403. The van der Waals surface area contributed by atoms with Crippen LogP contribution in [0.25, 0.3) is 0 Å². The lowest BCUT2D eigenvalue weighted by molar-refractivity contribution is -0.143. The number of hydrogen-bond acceptors (Lipinski definition) is 3. The van der Waals surface area contributed by atoms with Gasteiger partial charge in [-0.25, -0.2) is 0 Å². The van der Waals surface area contributed by atoms with E-state index in [4.69, 9.17) is 9.84 Å². The van der Waals surface area contributed by atoms with Gasteiger partial charge in [-0.05, 0) is 12.8 Å². The van der Waals surface area contributed by atoms with Crippen molar-refractivity contribution in [3.05, 3.63) is 0 Å². The van der Waals surface area contributed by atoms with Crippen LogP contribution in [0.15, 0.2) is 0 Å². The molecule has 0 amide bonds. The zero-order valence-corrected chi connectivity index (χ0v) is 12.0. The maximum atomic E-state index is 10.9. The van der Waals surface area contributed by atoms with E-state index in [1.54, 1.807) is 0 Å². The molecular weight excluding hydrogens is 228 g/mol. The molecule has 0 radical (unpaired) electrons. The zero-order valence-electron chi connectivity index (χ0n) is 12.0. The first-order valence-electron chi connectivity index (χ1n) is 7.57. The van der Waals surface area contributed by atoms with Gasteiger partial charge < -0.3 is 9.84 Å². The fraction of sp³-hybridized carbons (Fsp3) is 0.933. The molecule has 0 rings (SSSR count). The third kappa shape index (κ3) is 13.5. The Kier molecular flexibility index (Phi) is 14.0. The van der Waals surface area contributed by atoms with Gasteiger partial charge in [-0.1, -0.05) is 58.3 Å². The highest BCUT2D eigenvalue weighted by Crippen LogP contribution is 2.10. The van der Waals surface area contributed by atoms with E-state index in [1.165, 1.54) is 51.4 Å². The average Bonchev–Trinajstić information content (AvgIpc) is 2.39. The van der Waals surface area contributed by atoms with Crippen LogP contribution >= 0.6 is 0 Å². The molecule has 0 spiro atoms. The van der Waals surface area contributed by atoms with E-state index in [9.17, 15) is 4.79 Å². The van der Waals surface area contributed by atoms with Crippen LogP contribution in [0, 0.1) is 0 Å². The SMILES string of the molecule is CCC(=O)OCCCCCCCCCCCCO. The number of carbonyl (C=O) groups is 1. The van der Waals surface area contributed by atoms with Crippen molar-refractivity contribution in [3.8, 4) is 0 Å². The van der Waals surface area contributed by atoms with Gasteiger partial charge in [-0.15, -0.1) is 0 Å². The number of rotatable bonds is 13. The van der Waals surface area contributed by atoms with E-state index in [1.807, 2.05) is 6.92 Å². The molecule has 0 aromatic carbocycles. The summed E-state index contributed by atoms with van der Waals surface area (Å²) in [6, 6.07) is 0. The molecule has 18 heavy (non-hydrogen) atoms. The standard InChI is InChI=1S/C15H30O3/c1-2-15(17)18-14-12-10-8-6-4-3-5-7-9-11-13-16/h16H,2-14H2,1H3. The van der Waals surface area contributed by atoms with Crippen molar-refractivity contribution >= 4 is 5.97 Å². The zero-order chi connectivity index (χ0) is 13.5. The fourth-order valence-electron chi connectivity index (χ4n) is 1.92. The lowest BCUT2D eigenvalue weighted by atomic mass is 10.1. The lowest BCUT2D eigenvalue weighted by Gasteiger charge is -2.03. The minimum absolute atomic E-state index is 0.0853. The molecule has 0 aromatic rings. The highest BCUT2D eigenvalue weighted by Gasteiger charge is 1.97. The smallest absolute Gasteiger partial charge is 0.305 e. The Morgan fingerprint density at radius 1 is 0.833 bits per heavy atom. The molecule has 3 nitrogen and oxygen atoms in total. The number of unbranched alkanes of at least 4 members (excludes halogenated alkanes) is 9. The first-order valence-corrected chi connectivity index (χ1v) is 7.57. The van der Waals surface area contributed by atoms with Crippen molar-refractivity contribution in [2.45, 2.75) is 77.6 Å². The normalized spacial score (nSPS) is 10.6. The van der Waals surface area contributed by atoms with Crippen molar-refractivity contribution in [3.63, 3.8) is 0 Å². The topological polar surface area (TPSA) is 46.5 Å². The average molecular weight is 258 g/mol. The van der Waals surface area contributed by atoms with Crippen molar-refractivity contribution in [1.82, 2.24) is 0 Å². The Labute approximate surface area is 112 Å². The highest BCUT2D eigenvalue weighted by atomic mass is 16.5. The second-order valence-corrected chi connectivity index (χ2v) is 4.83. The van der Waals surface area contributed by atoms with Crippen LogP contribution in [0.5, 0.6) is 0 Å². The molecule has 0 bridgehead atoms. The molecule has 0 saturated heterocycles. The van der Waals surface area contributed by atoms with Gasteiger partial charge in [0.1, 0.15) is 0 Å². The summed E-state index contributed by atoms with van der Waals surface area (Å²) < 4.78 is 5.01. The van der Waals surface area contributed by atoms with Crippen LogP contribution in [0.3, 0.4) is 0 Å². The fourth-order valence-corrected chi connectivity index (χ4v) is 1.92. The molecule has 3 heteroatoms. The first-order chi connectivity index (χ1) is 8.81. The predicted octanol–water partition coefficient (Wildman–Crippen LogP) is 3.83. The Morgan fingerprint density at radius 3 is 1.72 bits per heavy atom. The molecule has 0 fully saturated rings. The van der Waals surface area contributed by atoms with Gasteiger partial charge in [0.05, 0.1) is 6.61 Å². The van der Waals surface area contributed by atoms with E-state index in [0.717, 1.165) is 12.8 Å². The summed E-state index contributed by atoms with van der Waals surface area (Å²) >= 11 is 0. The van der Waals surface area contributed by atoms with Gasteiger partial charge in [0.25, 0.3) is 0 Å². The Morgan fingerprint density at radius 2 is 1.28 bits per heavy atom. The predicted molar refractivity (Wildman–Crippen MR) is 74.5 cm³/mol. The molecule has 0 atom stereocenters. The van der Waals surface area contributed by atoms with E-state index >= 15 is 0 Å². The number of aliphatic hydroxyl groups excluding tert-OH is 1. The van der Waals surface area contributed by atoms with Crippen LogP contribution < -0.4 is 0 Å². The number of carbonyl (C=O) groups excluding carboxylic acids is 1. The summed E-state index contributed by atoms with van der Waals surface area (Å²) in [6.45, 7) is 2.75. The summed E-state index contributed by atoms with van der Waals surface area (Å²) in [5.74, 6) is -0.0853. The van der Waals surface area contributed by atoms with Gasteiger partial charge >= 0.3 is 5.97 Å². The summed E-state index contributed by atoms with van der Waals surface area (Å²) in [6.07, 6.45) is 12.5. The molecule has 0 aliphatic heterocycles. The molecule has 0 aliphatic carbocycles. The van der Waals surface area contributed by atoms with Crippen molar-refractivity contribution in [2.75, 3.05) is 13.2 Å². The molecule has 1 N–H and O–H groups in total. The maximum absolute atomic E-state index is 10.9. The van der Waals surface area contributed by atoms with E-state index in [2.05, 4.69) is 0 Å².